The van der Waals surface area contributed by atoms with E-state index in [1.165, 1.54) is 0 Å². The van der Waals surface area contributed by atoms with Crippen molar-refractivity contribution < 1.29 is 32.2 Å². The summed E-state index contributed by atoms with van der Waals surface area (Å²) in [7, 11) is 0. The molecule has 7 rings (SSSR count). The van der Waals surface area contributed by atoms with E-state index >= 15 is 0 Å². The molecule has 1 fully saturated rings. The first-order valence-corrected chi connectivity index (χ1v) is 14.8. The summed E-state index contributed by atoms with van der Waals surface area (Å²) in [6.07, 6.45) is -0.958. The van der Waals surface area contributed by atoms with Crippen LogP contribution in [0.25, 0.3) is 0 Å². The van der Waals surface area contributed by atoms with Crippen molar-refractivity contribution in [3.05, 3.63) is 59.7 Å². The van der Waals surface area contributed by atoms with Crippen LogP contribution >= 0.6 is 0 Å². The van der Waals surface area contributed by atoms with Gasteiger partial charge in [0.15, 0.2) is 6.61 Å². The number of benzene rings is 2. The van der Waals surface area contributed by atoms with Crippen LogP contribution < -0.4 is 36.1 Å². The molecule has 0 spiro atoms. The third kappa shape index (κ3) is 9.66. The molecule has 5 N–H and O–H groups in total. The molecule has 4 aliphatic rings. The van der Waals surface area contributed by atoms with Crippen molar-refractivity contribution in [1.82, 2.24) is 30.9 Å². The number of fused-ring (bicyclic) bond motifs is 2. The second kappa shape index (κ2) is 14.9. The van der Waals surface area contributed by atoms with Crippen LogP contribution in [0.15, 0.2) is 48.5 Å². The summed E-state index contributed by atoms with van der Waals surface area (Å²) in [5.74, 6) is -0.168. The molecule has 2 unspecified atom stereocenters. The lowest BCUT2D eigenvalue weighted by Crippen LogP contribution is -2.46. The van der Waals surface area contributed by atoms with Gasteiger partial charge >= 0.3 is 12.2 Å². The molecule has 0 saturated carbocycles. The number of amides is 2. The van der Waals surface area contributed by atoms with Gasteiger partial charge in [-0.15, -0.1) is 0 Å². The molecular weight excluding hydrogens is 593 g/mol. The number of carbonyl (C=O) groups excluding carboxylic acids is 2. The van der Waals surface area contributed by atoms with Gasteiger partial charge in [0.1, 0.15) is 5.75 Å². The normalized spacial score (nSPS) is 20.1. The highest BCUT2D eigenvalue weighted by atomic mass is 19.4. The molecule has 4 aliphatic heterocycles. The van der Waals surface area contributed by atoms with Gasteiger partial charge in [-0.25, -0.2) is 0 Å². The van der Waals surface area contributed by atoms with Crippen molar-refractivity contribution in [2.24, 2.45) is 5.92 Å². The van der Waals surface area contributed by atoms with E-state index in [0.717, 1.165) is 37.0 Å². The lowest BCUT2D eigenvalue weighted by Gasteiger charge is -2.20. The van der Waals surface area contributed by atoms with Gasteiger partial charge in [-0.3, -0.25) is 9.59 Å². The number of hydrogen-bond donors (Lipinski definition) is 5. The van der Waals surface area contributed by atoms with Gasteiger partial charge in [-0.1, -0.05) is 25.0 Å². The van der Waals surface area contributed by atoms with Crippen molar-refractivity contribution >= 4 is 29.4 Å². The summed E-state index contributed by atoms with van der Waals surface area (Å²) in [5, 5.41) is 15.0. The fraction of sp³-hybridized carbons (Fsp3) is 0.433. The Kier molecular flexibility index (Phi) is 10.5. The molecule has 45 heavy (non-hydrogen) atoms. The van der Waals surface area contributed by atoms with Crippen molar-refractivity contribution in [3.63, 3.8) is 0 Å². The summed E-state index contributed by atoms with van der Waals surface area (Å²) in [5.41, 5.74) is 1.70. The van der Waals surface area contributed by atoms with Gasteiger partial charge in [0, 0.05) is 37.4 Å². The molecule has 3 aromatic rings. The lowest BCUT2D eigenvalue weighted by atomic mass is 10.0. The highest BCUT2D eigenvalue weighted by molar-refractivity contribution is 5.95. The minimum Gasteiger partial charge on any atom is -0.494 e. The number of anilines is 3. The number of nitrogens with zero attached hydrogens (tertiary/aromatic N) is 3. The molecule has 2 aromatic carbocycles. The molecule has 1 saturated heterocycles. The van der Waals surface area contributed by atoms with Crippen LogP contribution in [0.4, 0.5) is 30.8 Å². The van der Waals surface area contributed by atoms with Gasteiger partial charge < -0.3 is 36.1 Å². The molecule has 15 heteroatoms. The Labute approximate surface area is 257 Å². The molecule has 240 valence electrons. The zero-order valence-corrected chi connectivity index (χ0v) is 24.5. The fourth-order valence-electron chi connectivity index (χ4n) is 4.89. The Bertz CT molecular complexity index is 1440. The number of ether oxygens (including phenoxy) is 2. The van der Waals surface area contributed by atoms with Gasteiger partial charge in [0.2, 0.25) is 17.8 Å². The minimum absolute atomic E-state index is 0.00196. The maximum atomic E-state index is 13.0. The van der Waals surface area contributed by atoms with E-state index in [9.17, 15) is 22.8 Å². The number of rotatable bonds is 2. The van der Waals surface area contributed by atoms with Crippen LogP contribution in [-0.4, -0.2) is 71.8 Å². The van der Waals surface area contributed by atoms with Crippen LogP contribution in [-0.2, 0) is 11.3 Å². The topological polar surface area (TPSA) is 151 Å². The molecule has 2 atom stereocenters. The fourth-order valence-corrected chi connectivity index (χ4v) is 4.89. The Morgan fingerprint density at radius 1 is 0.867 bits per heavy atom. The van der Waals surface area contributed by atoms with E-state index in [-0.39, 0.29) is 36.3 Å². The lowest BCUT2D eigenvalue weighted by molar-refractivity contribution is -0.154. The van der Waals surface area contributed by atoms with Crippen LogP contribution in [0.1, 0.15) is 41.6 Å². The quantitative estimate of drug-likeness (QED) is 0.285. The number of carbonyl (C=O) groups is 2. The highest BCUT2D eigenvalue weighted by Gasteiger charge is 2.34. The SMILES string of the molecule is O=C1NC2CNCC2C(=O)NCCCCCCOc2ccc(cc2)CNc2nc(nc(OCC(F)(F)F)n2)Nc2ccc1cc2. The minimum atomic E-state index is -4.58. The van der Waals surface area contributed by atoms with Crippen molar-refractivity contribution in [1.29, 1.82) is 0 Å². The summed E-state index contributed by atoms with van der Waals surface area (Å²) < 4.78 is 49.1. The number of hydrogen-bond acceptors (Lipinski definition) is 10. The summed E-state index contributed by atoms with van der Waals surface area (Å²) >= 11 is 0. The number of halogens is 3. The van der Waals surface area contributed by atoms with E-state index in [4.69, 9.17) is 9.47 Å². The maximum Gasteiger partial charge on any atom is 0.422 e. The first-order chi connectivity index (χ1) is 21.7. The van der Waals surface area contributed by atoms with Gasteiger partial charge in [0.25, 0.3) is 5.91 Å². The first kappa shape index (κ1) is 31.8. The van der Waals surface area contributed by atoms with Crippen LogP contribution in [0.2, 0.25) is 0 Å². The van der Waals surface area contributed by atoms with E-state index in [2.05, 4.69) is 41.5 Å². The molecular formula is C30H35F3N8O4. The third-order valence-electron chi connectivity index (χ3n) is 7.26. The molecule has 0 radical (unpaired) electrons. The van der Waals surface area contributed by atoms with Gasteiger partial charge in [-0.2, -0.15) is 28.1 Å². The molecule has 1 aromatic heterocycles. The zero-order valence-electron chi connectivity index (χ0n) is 24.5. The van der Waals surface area contributed by atoms with Crippen molar-refractivity contribution in [3.8, 4) is 11.8 Å². The molecule has 0 aliphatic carbocycles. The van der Waals surface area contributed by atoms with Crippen LogP contribution in [0, 0.1) is 5.92 Å². The number of alkyl halides is 3. The molecule has 2 amide bonds. The Morgan fingerprint density at radius 2 is 1.62 bits per heavy atom. The molecule has 5 heterocycles. The van der Waals surface area contributed by atoms with Crippen LogP contribution in [0.3, 0.4) is 0 Å². The van der Waals surface area contributed by atoms with E-state index in [1.807, 2.05) is 24.3 Å². The average Bonchev–Trinajstić information content (AvgIpc) is 3.48. The standard InChI is InChI=1S/C30H35F3N8O4/c31-30(32,33)18-45-29-40-27-36-15-19-5-11-22(12-6-19)44-14-4-2-1-3-13-35-26(43)23-16-34-17-24(23)38-25(42)20-7-9-21(10-8-20)37-28(39-27)41-29/h5-12,23-24,34H,1-4,13-18H2,(H,35,43)(H,38,42)(H2,36,37,39,40,41). The smallest absolute Gasteiger partial charge is 0.422 e. The molecule has 6 bridgehead atoms. The third-order valence-corrected chi connectivity index (χ3v) is 7.26. The monoisotopic (exact) mass is 628 g/mol. The largest absolute Gasteiger partial charge is 0.494 e. The predicted octanol–water partition coefficient (Wildman–Crippen LogP) is 3.56. The summed E-state index contributed by atoms with van der Waals surface area (Å²) in [6, 6.07) is 12.9. The first-order valence-electron chi connectivity index (χ1n) is 14.8. The van der Waals surface area contributed by atoms with Gasteiger partial charge in [0.05, 0.1) is 18.6 Å². The Morgan fingerprint density at radius 3 is 2.40 bits per heavy atom. The van der Waals surface area contributed by atoms with Gasteiger partial charge in [-0.05, 0) is 54.8 Å². The van der Waals surface area contributed by atoms with Crippen molar-refractivity contribution in [2.75, 3.05) is 43.5 Å². The Balaban J connectivity index is 1.34. The predicted molar refractivity (Wildman–Crippen MR) is 159 cm³/mol. The number of nitrogens with one attached hydrogen (secondary N) is 5. The Hall–Kier alpha value is -4.66. The van der Waals surface area contributed by atoms with E-state index in [0.29, 0.717) is 37.5 Å². The summed E-state index contributed by atoms with van der Waals surface area (Å²) in [4.78, 5) is 38.0. The zero-order chi connectivity index (χ0) is 31.6. The van der Waals surface area contributed by atoms with E-state index in [1.54, 1.807) is 24.3 Å². The summed E-state index contributed by atoms with van der Waals surface area (Å²) in [6.45, 7) is 0.775. The molecule has 12 nitrogen and oxygen atoms in total. The highest BCUT2D eigenvalue weighted by Crippen LogP contribution is 2.21. The number of aromatic nitrogens is 3. The van der Waals surface area contributed by atoms with E-state index < -0.39 is 24.7 Å². The second-order valence-corrected chi connectivity index (χ2v) is 10.8. The van der Waals surface area contributed by atoms with Crippen LogP contribution in [0.5, 0.6) is 11.8 Å². The maximum absolute atomic E-state index is 13.0. The average molecular weight is 629 g/mol. The second-order valence-electron chi connectivity index (χ2n) is 10.8. The van der Waals surface area contributed by atoms with Crippen molar-refractivity contribution in [2.45, 2.75) is 44.4 Å².